The number of methoxy groups -OCH3 is 1. The molecule has 2 aliphatic heterocycles. The van der Waals surface area contributed by atoms with Gasteiger partial charge < -0.3 is 24.3 Å². The minimum Gasteiger partial charge on any atom is -0.493 e. The molecule has 0 aliphatic carbocycles. The number of ether oxygens (including phenoxy) is 2. The van der Waals surface area contributed by atoms with Crippen molar-refractivity contribution in [3.63, 3.8) is 0 Å². The van der Waals surface area contributed by atoms with Gasteiger partial charge in [-0.2, -0.15) is 0 Å². The number of para-hydroxylation sites is 1. The average molecular weight is 490 g/mol. The van der Waals surface area contributed by atoms with Crippen molar-refractivity contribution in [2.75, 3.05) is 33.4 Å². The maximum atomic E-state index is 14.0. The number of carbonyl (C=O) groups excluding carboxylic acids is 2. The van der Waals surface area contributed by atoms with E-state index < -0.39 is 5.54 Å². The van der Waals surface area contributed by atoms with Gasteiger partial charge in [0.2, 0.25) is 5.91 Å². The molecular weight excluding hydrogens is 454 g/mol. The largest absolute Gasteiger partial charge is 0.493 e. The lowest BCUT2D eigenvalue weighted by Crippen LogP contribution is -2.67. The van der Waals surface area contributed by atoms with Gasteiger partial charge in [0.25, 0.3) is 5.91 Å². The number of rotatable bonds is 7. The molecule has 1 N–H and O–H groups in total. The molecule has 1 aromatic heterocycles. The van der Waals surface area contributed by atoms with Crippen molar-refractivity contribution in [3.05, 3.63) is 59.3 Å². The summed E-state index contributed by atoms with van der Waals surface area (Å²) < 4.78 is 11.5. The van der Waals surface area contributed by atoms with E-state index in [-0.39, 0.29) is 30.2 Å². The molecule has 3 heterocycles. The van der Waals surface area contributed by atoms with E-state index in [1.807, 2.05) is 43.3 Å². The number of hydrogen-bond donors (Lipinski definition) is 1. The minimum absolute atomic E-state index is 0.0250. The Kier molecular flexibility index (Phi) is 6.18. The monoisotopic (exact) mass is 489 g/mol. The molecule has 5 rings (SSSR count). The number of benzene rings is 2. The highest BCUT2D eigenvalue weighted by Gasteiger charge is 2.56. The zero-order valence-electron chi connectivity index (χ0n) is 21.8. The van der Waals surface area contributed by atoms with Crippen LogP contribution in [0.25, 0.3) is 10.9 Å². The van der Waals surface area contributed by atoms with Gasteiger partial charge in [-0.25, -0.2) is 0 Å². The van der Waals surface area contributed by atoms with Crippen molar-refractivity contribution >= 4 is 22.7 Å². The molecule has 2 aromatic carbocycles. The smallest absolute Gasteiger partial charge is 0.254 e. The molecule has 0 spiro atoms. The zero-order chi connectivity index (χ0) is 25.6. The summed E-state index contributed by atoms with van der Waals surface area (Å²) in [5.41, 5.74) is 2.78. The van der Waals surface area contributed by atoms with Gasteiger partial charge in [0.1, 0.15) is 0 Å². The summed E-state index contributed by atoms with van der Waals surface area (Å²) in [6.07, 6.45) is 0.906. The van der Waals surface area contributed by atoms with Crippen LogP contribution in [0.2, 0.25) is 0 Å². The Morgan fingerprint density at radius 1 is 1.14 bits per heavy atom. The lowest BCUT2D eigenvalue weighted by molar-refractivity contribution is -0.166. The summed E-state index contributed by atoms with van der Waals surface area (Å²) in [6, 6.07) is 14.1. The number of H-pyrrole nitrogens is 1. The number of aromatic nitrogens is 1. The third kappa shape index (κ3) is 3.72. The van der Waals surface area contributed by atoms with Crippen molar-refractivity contribution in [3.8, 4) is 11.5 Å². The van der Waals surface area contributed by atoms with E-state index >= 15 is 0 Å². The predicted octanol–water partition coefficient (Wildman–Crippen LogP) is 4.65. The van der Waals surface area contributed by atoms with Gasteiger partial charge in [-0.05, 0) is 48.6 Å². The van der Waals surface area contributed by atoms with Crippen LogP contribution in [0.1, 0.15) is 56.9 Å². The fourth-order valence-corrected chi connectivity index (χ4v) is 5.80. The van der Waals surface area contributed by atoms with E-state index in [0.29, 0.717) is 31.2 Å². The first-order chi connectivity index (χ1) is 17.3. The van der Waals surface area contributed by atoms with Gasteiger partial charge in [0, 0.05) is 29.9 Å². The predicted molar refractivity (Wildman–Crippen MR) is 139 cm³/mol. The molecule has 0 bridgehead atoms. The molecule has 2 amide bonds. The fraction of sp³-hybridized carbons (Fsp3) is 0.448. The molecular formula is C29H35N3O4. The van der Waals surface area contributed by atoms with Gasteiger partial charge in [0.05, 0.1) is 26.0 Å². The maximum Gasteiger partial charge on any atom is 0.254 e. The molecule has 2 atom stereocenters. The summed E-state index contributed by atoms with van der Waals surface area (Å²) in [4.78, 5) is 34.6. The van der Waals surface area contributed by atoms with E-state index in [2.05, 4.69) is 31.8 Å². The molecule has 1 fully saturated rings. The highest BCUT2D eigenvalue weighted by Crippen LogP contribution is 2.49. The average Bonchev–Trinajstić information content (AvgIpc) is 3.26. The first-order valence-corrected chi connectivity index (χ1v) is 12.8. The summed E-state index contributed by atoms with van der Waals surface area (Å²) in [6.45, 7) is 9.80. The normalized spacial score (nSPS) is 21.7. The summed E-state index contributed by atoms with van der Waals surface area (Å²) in [5, 5.41) is 1.07. The Labute approximate surface area is 212 Å². The number of carbonyl (C=O) groups is 2. The topological polar surface area (TPSA) is 74.9 Å². The number of aromatic amines is 1. The quantitative estimate of drug-likeness (QED) is 0.524. The highest BCUT2D eigenvalue weighted by molar-refractivity contribution is 6.01. The third-order valence-electron chi connectivity index (χ3n) is 7.45. The van der Waals surface area contributed by atoms with E-state index in [1.54, 1.807) is 16.9 Å². The summed E-state index contributed by atoms with van der Waals surface area (Å²) >= 11 is 0. The molecule has 36 heavy (non-hydrogen) atoms. The van der Waals surface area contributed by atoms with Crippen LogP contribution in [-0.2, 0) is 15.1 Å². The molecule has 7 heteroatoms. The lowest BCUT2D eigenvalue weighted by atomic mass is 9.76. The second-order valence-electron chi connectivity index (χ2n) is 10.4. The Bertz CT molecular complexity index is 1310. The number of amides is 2. The van der Waals surface area contributed by atoms with Gasteiger partial charge in [-0.15, -0.1) is 0 Å². The summed E-state index contributed by atoms with van der Waals surface area (Å²) in [7, 11) is 1.64. The van der Waals surface area contributed by atoms with Crippen LogP contribution in [0.5, 0.6) is 11.5 Å². The van der Waals surface area contributed by atoms with E-state index in [1.165, 1.54) is 0 Å². The lowest BCUT2D eigenvalue weighted by Gasteiger charge is -2.51. The van der Waals surface area contributed by atoms with Crippen LogP contribution >= 0.6 is 0 Å². The number of nitrogens with one attached hydrogen (secondary N) is 1. The van der Waals surface area contributed by atoms with Crippen LogP contribution in [0.3, 0.4) is 0 Å². The highest BCUT2D eigenvalue weighted by atomic mass is 16.5. The number of piperazine rings is 1. The zero-order valence-corrected chi connectivity index (χ0v) is 21.8. The van der Waals surface area contributed by atoms with Crippen molar-refractivity contribution in [1.82, 2.24) is 14.8 Å². The Balaban J connectivity index is 1.67. The van der Waals surface area contributed by atoms with Crippen LogP contribution < -0.4 is 9.47 Å². The number of nitrogens with zero attached hydrogens (tertiary/aromatic N) is 2. The second kappa shape index (κ2) is 9.19. The van der Waals surface area contributed by atoms with E-state index in [4.69, 9.17) is 9.47 Å². The standard InChI is InChI=1S/C29H35N3O4/c1-6-13-36-23-12-11-19(14-24(23)35-5)21-16-32-25(33)17-31(15-18(2)3)28(34)29(32,4)27-26(21)20-9-7-8-10-22(20)30-27/h7-12,14,18,21,30H,6,13,15-17H2,1-5H3/t21-,29+/m1/s1. The summed E-state index contributed by atoms with van der Waals surface area (Å²) in [5.74, 6) is 1.48. The SMILES string of the molecule is CCCOc1ccc([C@H]2CN3C(=O)CN(CC(C)C)C(=O)[C@]3(C)c3[nH]c4ccccc4c32)cc1OC. The van der Waals surface area contributed by atoms with Crippen molar-refractivity contribution in [1.29, 1.82) is 0 Å². The van der Waals surface area contributed by atoms with Crippen molar-refractivity contribution in [2.45, 2.75) is 45.6 Å². The molecule has 0 unspecified atom stereocenters. The van der Waals surface area contributed by atoms with Gasteiger partial charge in [-0.3, -0.25) is 9.59 Å². The second-order valence-corrected chi connectivity index (χ2v) is 10.4. The Morgan fingerprint density at radius 2 is 1.92 bits per heavy atom. The first kappa shape index (κ1) is 24.2. The van der Waals surface area contributed by atoms with Crippen LogP contribution in [0, 0.1) is 5.92 Å². The molecule has 190 valence electrons. The third-order valence-corrected chi connectivity index (χ3v) is 7.45. The molecule has 0 radical (unpaired) electrons. The maximum absolute atomic E-state index is 14.0. The fourth-order valence-electron chi connectivity index (χ4n) is 5.80. The van der Waals surface area contributed by atoms with Gasteiger partial charge in [0.15, 0.2) is 17.0 Å². The molecule has 0 saturated carbocycles. The van der Waals surface area contributed by atoms with E-state index in [9.17, 15) is 9.59 Å². The first-order valence-electron chi connectivity index (χ1n) is 12.8. The van der Waals surface area contributed by atoms with E-state index in [0.717, 1.165) is 34.1 Å². The Morgan fingerprint density at radius 3 is 2.64 bits per heavy atom. The van der Waals surface area contributed by atoms with Crippen LogP contribution in [-0.4, -0.2) is 59.9 Å². The van der Waals surface area contributed by atoms with Crippen LogP contribution in [0.4, 0.5) is 0 Å². The minimum atomic E-state index is -1.08. The van der Waals surface area contributed by atoms with Crippen LogP contribution in [0.15, 0.2) is 42.5 Å². The van der Waals surface area contributed by atoms with Gasteiger partial charge in [-0.1, -0.05) is 45.0 Å². The molecule has 7 nitrogen and oxygen atoms in total. The Hall–Kier alpha value is -3.48. The van der Waals surface area contributed by atoms with Crippen molar-refractivity contribution in [2.24, 2.45) is 5.92 Å². The molecule has 3 aromatic rings. The molecule has 2 aliphatic rings. The number of hydrogen-bond acceptors (Lipinski definition) is 4. The number of fused-ring (bicyclic) bond motifs is 5. The van der Waals surface area contributed by atoms with Gasteiger partial charge >= 0.3 is 0 Å². The van der Waals surface area contributed by atoms with Crippen molar-refractivity contribution < 1.29 is 19.1 Å². The molecule has 1 saturated heterocycles.